The highest BCUT2D eigenvalue weighted by molar-refractivity contribution is 6.21. The summed E-state index contributed by atoms with van der Waals surface area (Å²) in [5.74, 6) is 0.166. The third kappa shape index (κ3) is 6.48. The van der Waals surface area contributed by atoms with E-state index in [1.807, 2.05) is 0 Å². The highest BCUT2D eigenvalue weighted by Crippen LogP contribution is 2.33. The molecule has 3 saturated carbocycles. The first-order valence-corrected chi connectivity index (χ1v) is 12.0. The van der Waals surface area contributed by atoms with Crippen LogP contribution in [0.1, 0.15) is 57.8 Å². The first kappa shape index (κ1) is 23.1. The van der Waals surface area contributed by atoms with Crippen LogP contribution in [0.2, 0.25) is 0 Å². The number of nitrogens with one attached hydrogen (secondary N) is 4. The zero-order chi connectivity index (χ0) is 22.0. The Labute approximate surface area is 186 Å². The average Bonchev–Trinajstić information content (AvgIpc) is 3.44. The van der Waals surface area contributed by atoms with Gasteiger partial charge in [0.25, 0.3) is 0 Å². The molecule has 10 heteroatoms. The van der Waals surface area contributed by atoms with Gasteiger partial charge in [0, 0.05) is 24.9 Å². The summed E-state index contributed by atoms with van der Waals surface area (Å²) in [7, 11) is 0. The highest BCUT2D eigenvalue weighted by atomic mass is 35.5. The van der Waals surface area contributed by atoms with E-state index in [9.17, 15) is 18.0 Å². The van der Waals surface area contributed by atoms with Crippen LogP contribution in [0, 0.1) is 17.8 Å². The lowest BCUT2D eigenvalue weighted by atomic mass is 9.81. The van der Waals surface area contributed by atoms with Gasteiger partial charge in [-0.3, -0.25) is 20.5 Å². The third-order valence-electron chi connectivity index (χ3n) is 6.95. The van der Waals surface area contributed by atoms with Crippen molar-refractivity contribution in [2.24, 2.45) is 22.7 Å². The molecule has 1 amide bonds. The van der Waals surface area contributed by atoms with Crippen LogP contribution in [0.3, 0.4) is 0 Å². The summed E-state index contributed by atoms with van der Waals surface area (Å²) in [4.78, 5) is 17.3. The summed E-state index contributed by atoms with van der Waals surface area (Å²) in [5.41, 5.74) is 6.27. The Kier molecular flexibility index (Phi) is 7.64. The van der Waals surface area contributed by atoms with Crippen LogP contribution in [0.15, 0.2) is 4.99 Å². The summed E-state index contributed by atoms with van der Waals surface area (Å²) in [6.07, 6.45) is 1.15. The second kappa shape index (κ2) is 10.3. The Morgan fingerprint density at radius 2 is 1.71 bits per heavy atom. The number of halogens is 4. The zero-order valence-electron chi connectivity index (χ0n) is 17.6. The lowest BCUT2D eigenvalue weighted by Gasteiger charge is -2.31. The number of guanidine groups is 1. The van der Waals surface area contributed by atoms with Crippen molar-refractivity contribution in [3.8, 4) is 0 Å². The zero-order valence-corrected chi connectivity index (χ0v) is 18.4. The predicted octanol–water partition coefficient (Wildman–Crippen LogP) is 2.87. The minimum atomic E-state index is -1.18. The minimum Gasteiger partial charge on any atom is -0.339 e. The average molecular weight is 464 g/mol. The lowest BCUT2D eigenvalue weighted by Crippen LogP contribution is -2.52. The number of hydrogen-bond acceptors (Lipinski definition) is 4. The van der Waals surface area contributed by atoms with Gasteiger partial charge in [-0.05, 0) is 63.2 Å². The van der Waals surface area contributed by atoms with E-state index in [4.69, 9.17) is 11.6 Å². The summed E-state index contributed by atoms with van der Waals surface area (Å²) in [5, 5.41) is 5.54. The number of hydrogen-bond donors (Lipinski definition) is 4. The van der Waals surface area contributed by atoms with Crippen LogP contribution in [0.4, 0.5) is 13.2 Å². The quantitative estimate of drug-likeness (QED) is 0.287. The summed E-state index contributed by atoms with van der Waals surface area (Å²) in [6.45, 7) is 0.627. The first-order chi connectivity index (χ1) is 14.9. The molecule has 0 radical (unpaired) electrons. The van der Waals surface area contributed by atoms with Crippen molar-refractivity contribution in [2.75, 3.05) is 6.54 Å². The summed E-state index contributed by atoms with van der Waals surface area (Å²) >= 11 is 5.94. The molecule has 31 heavy (non-hydrogen) atoms. The molecule has 3 aliphatic carbocycles. The van der Waals surface area contributed by atoms with Crippen LogP contribution in [0.25, 0.3) is 0 Å². The van der Waals surface area contributed by atoms with Gasteiger partial charge >= 0.3 is 0 Å². The van der Waals surface area contributed by atoms with Crippen LogP contribution >= 0.6 is 11.6 Å². The lowest BCUT2D eigenvalue weighted by molar-refractivity contribution is -0.125. The number of hydrazine groups is 1. The van der Waals surface area contributed by atoms with Crippen molar-refractivity contribution >= 4 is 23.5 Å². The molecule has 1 aliphatic heterocycles. The fraction of sp³-hybridized carbons (Fsp3) is 0.905. The molecule has 176 valence electrons. The van der Waals surface area contributed by atoms with E-state index in [-0.39, 0.29) is 36.9 Å². The number of aliphatic imine (C=N–C) groups is 1. The number of alkyl halides is 4. The molecule has 6 nitrogen and oxygen atoms in total. The molecule has 4 rings (SSSR count). The molecule has 0 aromatic heterocycles. The third-order valence-corrected chi connectivity index (χ3v) is 7.44. The van der Waals surface area contributed by atoms with E-state index in [0.717, 1.165) is 12.8 Å². The molecule has 7 atom stereocenters. The van der Waals surface area contributed by atoms with Gasteiger partial charge in [-0.15, -0.1) is 11.6 Å². The van der Waals surface area contributed by atoms with Gasteiger partial charge in [0.05, 0.1) is 11.5 Å². The largest absolute Gasteiger partial charge is 0.339 e. The van der Waals surface area contributed by atoms with Crippen molar-refractivity contribution in [1.29, 1.82) is 0 Å². The fourth-order valence-electron chi connectivity index (χ4n) is 4.88. The van der Waals surface area contributed by atoms with Gasteiger partial charge < -0.3 is 5.32 Å². The molecule has 0 spiro atoms. The van der Waals surface area contributed by atoms with Crippen molar-refractivity contribution in [2.45, 2.75) is 93.9 Å². The monoisotopic (exact) mass is 463 g/mol. The predicted molar refractivity (Wildman–Crippen MR) is 114 cm³/mol. The SMILES string of the molecule is O=C(NC(=NCC1CC1)NC1CC(C2CC(F)CC(F)C2)NN1)C1CCC(Cl)C(F)C1. The number of amides is 1. The molecular weight excluding hydrogens is 431 g/mol. The van der Waals surface area contributed by atoms with Gasteiger partial charge in [0.1, 0.15) is 18.5 Å². The van der Waals surface area contributed by atoms with Gasteiger partial charge in [0.2, 0.25) is 5.91 Å². The Morgan fingerprint density at radius 3 is 2.39 bits per heavy atom. The number of nitrogens with zero attached hydrogens (tertiary/aromatic N) is 1. The maximum Gasteiger partial charge on any atom is 0.229 e. The van der Waals surface area contributed by atoms with Gasteiger partial charge in [-0.25, -0.2) is 18.6 Å². The van der Waals surface area contributed by atoms with E-state index in [1.54, 1.807) is 0 Å². The van der Waals surface area contributed by atoms with Crippen molar-refractivity contribution in [1.82, 2.24) is 21.5 Å². The number of carbonyl (C=O) groups excluding carboxylic acids is 1. The summed E-state index contributed by atoms with van der Waals surface area (Å²) < 4.78 is 41.5. The molecule has 0 bridgehead atoms. The molecule has 4 fully saturated rings. The molecule has 4 N–H and O–H groups in total. The smallest absolute Gasteiger partial charge is 0.229 e. The van der Waals surface area contributed by atoms with Crippen LogP contribution in [-0.2, 0) is 4.79 Å². The Balaban J connectivity index is 1.32. The van der Waals surface area contributed by atoms with Crippen molar-refractivity contribution in [3.63, 3.8) is 0 Å². The van der Waals surface area contributed by atoms with Gasteiger partial charge in [-0.1, -0.05) is 0 Å². The van der Waals surface area contributed by atoms with Gasteiger partial charge in [-0.2, -0.15) is 0 Å². The second-order valence-corrected chi connectivity index (χ2v) is 10.2. The molecule has 0 aromatic carbocycles. The van der Waals surface area contributed by atoms with Crippen molar-refractivity contribution in [3.05, 3.63) is 0 Å². The molecule has 0 aromatic rings. The minimum absolute atomic E-state index is 0.00625. The van der Waals surface area contributed by atoms with E-state index in [2.05, 4.69) is 26.5 Å². The maximum atomic E-state index is 14.0. The topological polar surface area (TPSA) is 77.5 Å². The van der Waals surface area contributed by atoms with Crippen LogP contribution in [-0.4, -0.2) is 54.5 Å². The number of rotatable bonds is 5. The van der Waals surface area contributed by atoms with Crippen molar-refractivity contribution < 1.29 is 18.0 Å². The fourth-order valence-corrected chi connectivity index (χ4v) is 5.11. The van der Waals surface area contributed by atoms with E-state index in [1.165, 1.54) is 0 Å². The highest BCUT2D eigenvalue weighted by Gasteiger charge is 2.38. The van der Waals surface area contributed by atoms with E-state index in [0.29, 0.717) is 50.5 Å². The normalized spacial score (nSPS) is 41.7. The van der Waals surface area contributed by atoms with E-state index < -0.39 is 29.8 Å². The van der Waals surface area contributed by atoms with Crippen LogP contribution < -0.4 is 21.5 Å². The first-order valence-electron chi connectivity index (χ1n) is 11.6. The number of carbonyl (C=O) groups is 1. The standard InChI is InChI=1S/C21H33ClF3N5O/c22-16-4-3-12(7-17(16)25)20(31)28-21(26-10-11-1-2-11)27-19-9-18(29-30-19)13-5-14(23)8-15(24)6-13/h11-19,29-30H,1-10H2,(H2,26,27,28,31). The van der Waals surface area contributed by atoms with Crippen LogP contribution in [0.5, 0.6) is 0 Å². The Hall–Kier alpha value is -1.06. The Morgan fingerprint density at radius 1 is 0.968 bits per heavy atom. The Bertz CT molecular complexity index is 657. The molecule has 1 heterocycles. The molecular formula is C21H33ClF3N5O. The molecule has 1 saturated heterocycles. The van der Waals surface area contributed by atoms with E-state index >= 15 is 0 Å². The second-order valence-electron chi connectivity index (χ2n) is 9.65. The van der Waals surface area contributed by atoms with Gasteiger partial charge in [0.15, 0.2) is 5.96 Å². The maximum absolute atomic E-state index is 14.0. The summed E-state index contributed by atoms with van der Waals surface area (Å²) in [6, 6.07) is -0.0546. The molecule has 4 aliphatic rings. The molecule has 7 unspecified atom stereocenters.